The number of thiazole rings is 1. The molecule has 2 aliphatic heterocycles. The van der Waals surface area contributed by atoms with Crippen LogP contribution >= 0.6 is 11.3 Å². The van der Waals surface area contributed by atoms with Gasteiger partial charge in [-0.1, -0.05) is 0 Å². The SMILES string of the molecule is O=C(OCc1ccc([N+](=O)[O-])cc1)C1CNCCN1C(=O)c1csc(N2CC(O)C2)n1. The fraction of sp³-hybridized carbons (Fsp3) is 0.421. The zero-order valence-electron chi connectivity index (χ0n) is 16.5. The number of hydrogen-bond acceptors (Lipinski definition) is 10. The van der Waals surface area contributed by atoms with Gasteiger partial charge >= 0.3 is 5.97 Å². The largest absolute Gasteiger partial charge is 0.459 e. The van der Waals surface area contributed by atoms with Crippen molar-refractivity contribution in [2.45, 2.75) is 18.8 Å². The summed E-state index contributed by atoms with van der Waals surface area (Å²) in [5, 5.41) is 25.6. The molecule has 1 aromatic carbocycles. The topological polar surface area (TPSA) is 138 Å². The molecule has 0 aliphatic carbocycles. The highest BCUT2D eigenvalue weighted by Crippen LogP contribution is 2.26. The van der Waals surface area contributed by atoms with Crippen molar-refractivity contribution in [2.24, 2.45) is 0 Å². The molecule has 164 valence electrons. The first-order chi connectivity index (χ1) is 14.9. The van der Waals surface area contributed by atoms with Crippen LogP contribution in [-0.2, 0) is 16.1 Å². The van der Waals surface area contributed by atoms with Crippen molar-refractivity contribution in [2.75, 3.05) is 37.6 Å². The number of nitrogens with one attached hydrogen (secondary N) is 1. The highest BCUT2D eigenvalue weighted by molar-refractivity contribution is 7.14. The zero-order valence-corrected chi connectivity index (χ0v) is 17.3. The van der Waals surface area contributed by atoms with Gasteiger partial charge in [0, 0.05) is 50.2 Å². The third kappa shape index (κ3) is 4.65. The summed E-state index contributed by atoms with van der Waals surface area (Å²) in [6.07, 6.45) is -0.369. The number of anilines is 1. The molecule has 1 amide bonds. The molecule has 31 heavy (non-hydrogen) atoms. The number of non-ortho nitro benzene ring substituents is 1. The van der Waals surface area contributed by atoms with Crippen molar-refractivity contribution in [3.8, 4) is 0 Å². The Hall–Kier alpha value is -3.09. The van der Waals surface area contributed by atoms with E-state index in [9.17, 15) is 24.8 Å². The number of ether oxygens (including phenoxy) is 1. The molecule has 0 radical (unpaired) electrons. The summed E-state index contributed by atoms with van der Waals surface area (Å²) in [6.45, 7) is 2.09. The number of benzene rings is 1. The number of aliphatic hydroxyl groups is 1. The van der Waals surface area contributed by atoms with E-state index in [0.29, 0.717) is 36.9 Å². The highest BCUT2D eigenvalue weighted by atomic mass is 32.1. The van der Waals surface area contributed by atoms with E-state index in [0.717, 1.165) is 0 Å². The van der Waals surface area contributed by atoms with Crippen LogP contribution in [0.1, 0.15) is 16.1 Å². The van der Waals surface area contributed by atoms with Crippen LogP contribution in [0.3, 0.4) is 0 Å². The van der Waals surface area contributed by atoms with Crippen molar-refractivity contribution < 1.29 is 24.4 Å². The molecule has 2 aliphatic rings. The number of nitro groups is 1. The molecule has 4 rings (SSSR count). The number of piperazine rings is 1. The lowest BCUT2D eigenvalue weighted by Gasteiger charge is -2.35. The van der Waals surface area contributed by atoms with Gasteiger partial charge in [-0.3, -0.25) is 14.9 Å². The number of carbonyl (C=O) groups excluding carboxylic acids is 2. The van der Waals surface area contributed by atoms with E-state index in [4.69, 9.17) is 4.74 Å². The second-order valence-corrected chi connectivity index (χ2v) is 8.16. The van der Waals surface area contributed by atoms with Crippen LogP contribution in [0.4, 0.5) is 10.8 Å². The van der Waals surface area contributed by atoms with Gasteiger partial charge in [0.25, 0.3) is 11.6 Å². The van der Waals surface area contributed by atoms with Crippen molar-refractivity contribution >= 4 is 34.0 Å². The molecule has 0 bridgehead atoms. The lowest BCUT2D eigenvalue weighted by molar-refractivity contribution is -0.384. The van der Waals surface area contributed by atoms with Crippen molar-refractivity contribution in [1.29, 1.82) is 0 Å². The van der Waals surface area contributed by atoms with Gasteiger partial charge in [0.1, 0.15) is 18.3 Å². The maximum Gasteiger partial charge on any atom is 0.330 e. The standard InChI is InChI=1S/C19H21N5O6S/c25-14-8-22(9-14)19-21-15(11-31-19)17(26)23-6-5-20-7-16(23)18(27)30-10-12-1-3-13(4-2-12)24(28)29/h1-4,11,14,16,20,25H,5-10H2. The zero-order chi connectivity index (χ0) is 22.0. The Labute approximate surface area is 181 Å². The predicted octanol–water partition coefficient (Wildman–Crippen LogP) is 0.390. The van der Waals surface area contributed by atoms with Crippen LogP contribution in [-0.4, -0.2) is 76.7 Å². The molecule has 0 saturated carbocycles. The Morgan fingerprint density at radius 1 is 1.32 bits per heavy atom. The molecule has 12 heteroatoms. The molecule has 3 heterocycles. The lowest BCUT2D eigenvalue weighted by Crippen LogP contribution is -2.57. The smallest absolute Gasteiger partial charge is 0.330 e. The number of aromatic nitrogens is 1. The summed E-state index contributed by atoms with van der Waals surface area (Å²) >= 11 is 1.32. The van der Waals surface area contributed by atoms with E-state index in [1.165, 1.54) is 40.5 Å². The van der Waals surface area contributed by atoms with Crippen LogP contribution in [0.15, 0.2) is 29.6 Å². The molecule has 2 fully saturated rings. The summed E-state index contributed by atoms with van der Waals surface area (Å²) in [5.74, 6) is -0.900. The first-order valence-electron chi connectivity index (χ1n) is 9.72. The summed E-state index contributed by atoms with van der Waals surface area (Å²) in [5.41, 5.74) is 0.830. The number of aliphatic hydroxyl groups excluding tert-OH is 1. The average molecular weight is 447 g/mol. The molecule has 2 aromatic rings. The minimum Gasteiger partial charge on any atom is -0.459 e. The average Bonchev–Trinajstić information content (AvgIpc) is 3.24. The fourth-order valence-electron chi connectivity index (χ4n) is 3.39. The molecule has 0 spiro atoms. The summed E-state index contributed by atoms with van der Waals surface area (Å²) < 4.78 is 5.37. The van der Waals surface area contributed by atoms with E-state index >= 15 is 0 Å². The van der Waals surface area contributed by atoms with Gasteiger partial charge in [0.2, 0.25) is 0 Å². The van der Waals surface area contributed by atoms with E-state index in [1.54, 1.807) is 5.38 Å². The Kier molecular flexibility index (Phi) is 6.11. The first kappa shape index (κ1) is 21.2. The van der Waals surface area contributed by atoms with E-state index in [1.807, 2.05) is 4.90 Å². The van der Waals surface area contributed by atoms with E-state index < -0.39 is 16.9 Å². The second-order valence-electron chi connectivity index (χ2n) is 7.32. The number of rotatable bonds is 6. The van der Waals surface area contributed by atoms with Gasteiger partial charge in [-0.05, 0) is 17.7 Å². The maximum absolute atomic E-state index is 13.0. The molecule has 11 nitrogen and oxygen atoms in total. The summed E-state index contributed by atoms with van der Waals surface area (Å²) in [4.78, 5) is 43.6. The Morgan fingerprint density at radius 3 is 2.74 bits per heavy atom. The number of β-amino-alcohol motifs (C(OH)–C–C–N with tert-alkyl or cyclic N) is 1. The fourth-order valence-corrected chi connectivity index (χ4v) is 4.21. The molecule has 1 aromatic heterocycles. The number of esters is 1. The second kappa shape index (κ2) is 8.96. The Bertz CT molecular complexity index is 974. The van der Waals surface area contributed by atoms with Gasteiger partial charge in [0.15, 0.2) is 5.13 Å². The number of hydrogen-bond donors (Lipinski definition) is 2. The number of nitro benzene ring substituents is 1. The van der Waals surface area contributed by atoms with Gasteiger partial charge in [-0.2, -0.15) is 0 Å². The predicted molar refractivity (Wildman–Crippen MR) is 111 cm³/mol. The normalized spacial score (nSPS) is 19.1. The van der Waals surface area contributed by atoms with Crippen molar-refractivity contribution in [1.82, 2.24) is 15.2 Å². The van der Waals surface area contributed by atoms with Crippen LogP contribution in [0, 0.1) is 10.1 Å². The molecule has 1 atom stereocenters. The minimum absolute atomic E-state index is 0.0429. The number of amides is 1. The molecular weight excluding hydrogens is 426 g/mol. The summed E-state index contributed by atoms with van der Waals surface area (Å²) in [6, 6.07) is 4.94. The van der Waals surface area contributed by atoms with Crippen LogP contribution in [0.25, 0.3) is 0 Å². The van der Waals surface area contributed by atoms with Crippen LogP contribution < -0.4 is 10.2 Å². The molecule has 1 unspecified atom stereocenters. The molecule has 2 saturated heterocycles. The summed E-state index contributed by atoms with van der Waals surface area (Å²) in [7, 11) is 0. The van der Waals surface area contributed by atoms with Crippen molar-refractivity contribution in [3.63, 3.8) is 0 Å². The van der Waals surface area contributed by atoms with E-state index in [-0.39, 0.29) is 36.5 Å². The van der Waals surface area contributed by atoms with Crippen molar-refractivity contribution in [3.05, 3.63) is 51.0 Å². The monoisotopic (exact) mass is 447 g/mol. The highest BCUT2D eigenvalue weighted by Gasteiger charge is 2.35. The molecule has 2 N–H and O–H groups in total. The number of nitrogens with zero attached hydrogens (tertiary/aromatic N) is 4. The van der Waals surface area contributed by atoms with Crippen LogP contribution in [0.5, 0.6) is 0 Å². The van der Waals surface area contributed by atoms with Gasteiger partial charge in [-0.25, -0.2) is 9.78 Å². The third-order valence-corrected chi connectivity index (χ3v) is 6.05. The first-order valence-corrected chi connectivity index (χ1v) is 10.6. The van der Waals surface area contributed by atoms with Gasteiger partial charge < -0.3 is 25.0 Å². The van der Waals surface area contributed by atoms with Gasteiger partial charge in [-0.15, -0.1) is 11.3 Å². The minimum atomic E-state index is -0.796. The van der Waals surface area contributed by atoms with Gasteiger partial charge in [0.05, 0.1) is 11.0 Å². The maximum atomic E-state index is 13.0. The quantitative estimate of drug-likeness (QED) is 0.366. The van der Waals surface area contributed by atoms with E-state index in [2.05, 4.69) is 10.3 Å². The third-order valence-electron chi connectivity index (χ3n) is 5.15. The molecular formula is C19H21N5O6S. The lowest BCUT2D eigenvalue weighted by atomic mass is 10.1. The van der Waals surface area contributed by atoms with Crippen LogP contribution in [0.2, 0.25) is 0 Å². The Morgan fingerprint density at radius 2 is 2.06 bits per heavy atom. The number of carbonyl (C=O) groups is 2. The Balaban J connectivity index is 1.39.